The molecule has 0 aliphatic carbocycles. The second-order valence-electron chi connectivity index (χ2n) is 4.50. The number of para-hydroxylation sites is 1. The zero-order valence-electron chi connectivity index (χ0n) is 11.2. The summed E-state index contributed by atoms with van der Waals surface area (Å²) in [5, 5.41) is 4.08. The molecule has 2 nitrogen and oxygen atoms in total. The van der Waals surface area contributed by atoms with Crippen LogP contribution in [0.15, 0.2) is 42.5 Å². The molecule has 0 aromatic heterocycles. The van der Waals surface area contributed by atoms with Gasteiger partial charge in [0.2, 0.25) is 0 Å². The van der Waals surface area contributed by atoms with Crippen molar-refractivity contribution in [2.24, 2.45) is 0 Å². The van der Waals surface area contributed by atoms with Gasteiger partial charge in [0.1, 0.15) is 12.4 Å². The van der Waals surface area contributed by atoms with Gasteiger partial charge in [-0.3, -0.25) is 0 Å². The van der Waals surface area contributed by atoms with Crippen molar-refractivity contribution in [3.05, 3.63) is 58.6 Å². The smallest absolute Gasteiger partial charge is 0.122 e. The van der Waals surface area contributed by atoms with Gasteiger partial charge in [-0.2, -0.15) is 0 Å². The molecule has 19 heavy (non-hydrogen) atoms. The first kappa shape index (κ1) is 13.8. The van der Waals surface area contributed by atoms with E-state index in [4.69, 9.17) is 16.3 Å². The SMILES string of the molecule is Cc1ccc(Cl)cc1NCCOc1ccccc1C. The van der Waals surface area contributed by atoms with Crippen molar-refractivity contribution in [2.45, 2.75) is 13.8 Å². The van der Waals surface area contributed by atoms with Crippen molar-refractivity contribution in [1.82, 2.24) is 0 Å². The summed E-state index contributed by atoms with van der Waals surface area (Å²) in [6.07, 6.45) is 0. The van der Waals surface area contributed by atoms with E-state index >= 15 is 0 Å². The molecule has 0 bridgehead atoms. The highest BCUT2D eigenvalue weighted by atomic mass is 35.5. The number of ether oxygens (including phenoxy) is 1. The average Bonchev–Trinajstić information content (AvgIpc) is 2.40. The maximum absolute atomic E-state index is 5.98. The number of aryl methyl sites for hydroxylation is 2. The molecule has 0 aliphatic heterocycles. The van der Waals surface area contributed by atoms with E-state index in [1.165, 1.54) is 5.56 Å². The highest BCUT2D eigenvalue weighted by Gasteiger charge is 2.00. The van der Waals surface area contributed by atoms with Crippen LogP contribution < -0.4 is 10.1 Å². The van der Waals surface area contributed by atoms with E-state index in [2.05, 4.69) is 12.2 Å². The van der Waals surface area contributed by atoms with Crippen LogP contribution in [0.5, 0.6) is 5.75 Å². The van der Waals surface area contributed by atoms with Gasteiger partial charge in [-0.05, 0) is 43.2 Å². The van der Waals surface area contributed by atoms with Crippen LogP contribution in [0.4, 0.5) is 5.69 Å². The van der Waals surface area contributed by atoms with Crippen molar-refractivity contribution in [3.8, 4) is 5.75 Å². The minimum absolute atomic E-state index is 0.622. The number of anilines is 1. The van der Waals surface area contributed by atoms with Crippen LogP contribution in [0.1, 0.15) is 11.1 Å². The number of hydrogen-bond donors (Lipinski definition) is 1. The lowest BCUT2D eigenvalue weighted by Crippen LogP contribution is -2.12. The predicted octanol–water partition coefficient (Wildman–Crippen LogP) is 4.45. The standard InChI is InChI=1S/C16H18ClNO/c1-12-7-8-14(17)11-15(12)18-9-10-19-16-6-4-3-5-13(16)2/h3-8,11,18H,9-10H2,1-2H3. The Morgan fingerprint density at radius 3 is 2.63 bits per heavy atom. The Morgan fingerprint density at radius 1 is 1.05 bits per heavy atom. The van der Waals surface area contributed by atoms with Gasteiger partial charge in [0.25, 0.3) is 0 Å². The Bertz CT molecular complexity index is 554. The zero-order chi connectivity index (χ0) is 13.7. The molecule has 3 heteroatoms. The van der Waals surface area contributed by atoms with Crippen LogP contribution in [-0.2, 0) is 0 Å². The third-order valence-electron chi connectivity index (χ3n) is 2.97. The third-order valence-corrected chi connectivity index (χ3v) is 3.20. The molecule has 0 saturated carbocycles. The molecular formula is C16H18ClNO. The van der Waals surface area contributed by atoms with Gasteiger partial charge < -0.3 is 10.1 Å². The van der Waals surface area contributed by atoms with Gasteiger partial charge in [-0.25, -0.2) is 0 Å². The van der Waals surface area contributed by atoms with E-state index in [1.807, 2.05) is 49.4 Å². The van der Waals surface area contributed by atoms with E-state index < -0.39 is 0 Å². The fourth-order valence-corrected chi connectivity index (χ4v) is 2.02. The molecule has 0 amide bonds. The van der Waals surface area contributed by atoms with Gasteiger partial charge in [-0.15, -0.1) is 0 Å². The Hall–Kier alpha value is -1.67. The van der Waals surface area contributed by atoms with Gasteiger partial charge in [0, 0.05) is 17.3 Å². The maximum Gasteiger partial charge on any atom is 0.122 e. The molecule has 0 heterocycles. The number of rotatable bonds is 5. The van der Waals surface area contributed by atoms with Crippen molar-refractivity contribution in [3.63, 3.8) is 0 Å². The van der Waals surface area contributed by atoms with Crippen LogP contribution in [0.2, 0.25) is 5.02 Å². The van der Waals surface area contributed by atoms with E-state index in [9.17, 15) is 0 Å². The molecule has 0 spiro atoms. The first-order chi connectivity index (χ1) is 9.16. The summed E-state index contributed by atoms with van der Waals surface area (Å²) in [5.74, 6) is 0.937. The molecule has 0 radical (unpaired) electrons. The highest BCUT2D eigenvalue weighted by molar-refractivity contribution is 6.30. The van der Waals surface area contributed by atoms with Gasteiger partial charge in [-0.1, -0.05) is 35.9 Å². The summed E-state index contributed by atoms with van der Waals surface area (Å²) < 4.78 is 5.73. The summed E-state index contributed by atoms with van der Waals surface area (Å²) in [7, 11) is 0. The molecular weight excluding hydrogens is 258 g/mol. The van der Waals surface area contributed by atoms with E-state index in [0.717, 1.165) is 28.6 Å². The Labute approximate surface area is 119 Å². The molecule has 2 aromatic carbocycles. The van der Waals surface area contributed by atoms with Crippen molar-refractivity contribution in [1.29, 1.82) is 0 Å². The number of nitrogens with one attached hydrogen (secondary N) is 1. The molecule has 2 rings (SSSR count). The lowest BCUT2D eigenvalue weighted by Gasteiger charge is -2.12. The Balaban J connectivity index is 1.84. The van der Waals surface area contributed by atoms with Crippen molar-refractivity contribution < 1.29 is 4.74 Å². The fraction of sp³-hybridized carbons (Fsp3) is 0.250. The summed E-state index contributed by atoms with van der Waals surface area (Å²) in [6, 6.07) is 13.9. The van der Waals surface area contributed by atoms with Crippen LogP contribution in [0.25, 0.3) is 0 Å². The lowest BCUT2D eigenvalue weighted by atomic mass is 10.2. The lowest BCUT2D eigenvalue weighted by molar-refractivity contribution is 0.330. The Kier molecular flexibility index (Phi) is 4.69. The summed E-state index contributed by atoms with van der Waals surface area (Å²) in [6.45, 7) is 5.47. The monoisotopic (exact) mass is 275 g/mol. The second kappa shape index (κ2) is 6.48. The van der Waals surface area contributed by atoms with Crippen LogP contribution in [0, 0.1) is 13.8 Å². The zero-order valence-corrected chi connectivity index (χ0v) is 12.0. The molecule has 100 valence electrons. The number of benzene rings is 2. The first-order valence-corrected chi connectivity index (χ1v) is 6.73. The summed E-state index contributed by atoms with van der Waals surface area (Å²) in [5.41, 5.74) is 3.39. The molecule has 0 atom stereocenters. The first-order valence-electron chi connectivity index (χ1n) is 6.35. The van der Waals surface area contributed by atoms with Crippen LogP contribution in [0.3, 0.4) is 0 Å². The topological polar surface area (TPSA) is 21.3 Å². The molecule has 0 fully saturated rings. The number of halogens is 1. The molecule has 1 N–H and O–H groups in total. The van der Waals surface area contributed by atoms with E-state index in [1.54, 1.807) is 0 Å². The minimum Gasteiger partial charge on any atom is -0.491 e. The molecule has 0 unspecified atom stereocenters. The predicted molar refractivity (Wildman–Crippen MR) is 81.4 cm³/mol. The maximum atomic E-state index is 5.98. The normalized spacial score (nSPS) is 10.3. The van der Waals surface area contributed by atoms with E-state index in [-0.39, 0.29) is 0 Å². The van der Waals surface area contributed by atoms with Crippen molar-refractivity contribution >= 4 is 17.3 Å². The third kappa shape index (κ3) is 3.90. The largest absolute Gasteiger partial charge is 0.491 e. The summed E-state index contributed by atoms with van der Waals surface area (Å²) >= 11 is 5.98. The van der Waals surface area contributed by atoms with Gasteiger partial charge in [0.15, 0.2) is 0 Å². The van der Waals surface area contributed by atoms with Gasteiger partial charge >= 0.3 is 0 Å². The van der Waals surface area contributed by atoms with Crippen LogP contribution in [-0.4, -0.2) is 13.2 Å². The number of hydrogen-bond acceptors (Lipinski definition) is 2. The van der Waals surface area contributed by atoms with E-state index in [0.29, 0.717) is 6.61 Å². The van der Waals surface area contributed by atoms with Crippen LogP contribution >= 0.6 is 11.6 Å². The quantitative estimate of drug-likeness (QED) is 0.814. The van der Waals surface area contributed by atoms with Crippen molar-refractivity contribution in [2.75, 3.05) is 18.5 Å². The van der Waals surface area contributed by atoms with Gasteiger partial charge in [0.05, 0.1) is 0 Å². The second-order valence-corrected chi connectivity index (χ2v) is 4.94. The highest BCUT2D eigenvalue weighted by Crippen LogP contribution is 2.20. The summed E-state index contributed by atoms with van der Waals surface area (Å²) in [4.78, 5) is 0. The average molecular weight is 276 g/mol. The minimum atomic E-state index is 0.622. The molecule has 0 saturated heterocycles. The fourth-order valence-electron chi connectivity index (χ4n) is 1.85. The Morgan fingerprint density at radius 2 is 1.84 bits per heavy atom. The molecule has 0 aliphatic rings. The molecule has 2 aromatic rings.